The second kappa shape index (κ2) is 5.87. The number of rotatable bonds is 3. The van der Waals surface area contributed by atoms with E-state index in [1.807, 2.05) is 0 Å². The van der Waals surface area contributed by atoms with Gasteiger partial charge >= 0.3 is 0 Å². The van der Waals surface area contributed by atoms with E-state index in [1.165, 1.54) is 5.56 Å². The fourth-order valence-electron chi connectivity index (χ4n) is 5.27. The molecule has 2 spiro atoms. The highest BCUT2D eigenvalue weighted by Gasteiger charge is 2.53. The van der Waals surface area contributed by atoms with Gasteiger partial charge in [0.05, 0.1) is 13.2 Å². The second-order valence-corrected chi connectivity index (χ2v) is 7.85. The van der Waals surface area contributed by atoms with Gasteiger partial charge in [-0.15, -0.1) is 0 Å². The molecule has 3 heteroatoms. The van der Waals surface area contributed by atoms with E-state index in [0.717, 1.165) is 51.7 Å². The summed E-state index contributed by atoms with van der Waals surface area (Å²) in [5.74, 6) is 0.720. The quantitative estimate of drug-likeness (QED) is 0.928. The number of hydrogen-bond donors (Lipinski definition) is 1. The Morgan fingerprint density at radius 3 is 2.52 bits per heavy atom. The van der Waals surface area contributed by atoms with Gasteiger partial charge in [0.25, 0.3) is 0 Å². The van der Waals surface area contributed by atoms with E-state index >= 15 is 0 Å². The summed E-state index contributed by atoms with van der Waals surface area (Å²) in [4.78, 5) is 0. The predicted molar refractivity (Wildman–Crippen MR) is 89.3 cm³/mol. The lowest BCUT2D eigenvalue weighted by Gasteiger charge is -2.46. The van der Waals surface area contributed by atoms with Gasteiger partial charge in [0, 0.05) is 19.4 Å². The summed E-state index contributed by atoms with van der Waals surface area (Å²) in [5, 5.41) is 9.53. The highest BCUT2D eigenvalue weighted by Crippen LogP contribution is 2.56. The van der Waals surface area contributed by atoms with E-state index in [0.29, 0.717) is 18.4 Å². The maximum atomic E-state index is 9.53. The Kier molecular flexibility index (Phi) is 3.99. The summed E-state index contributed by atoms with van der Waals surface area (Å²) in [6, 6.07) is 8.99. The van der Waals surface area contributed by atoms with Crippen molar-refractivity contribution in [3.8, 4) is 0 Å². The van der Waals surface area contributed by atoms with Crippen molar-refractivity contribution in [3.05, 3.63) is 35.4 Å². The normalized spacial score (nSPS) is 29.0. The molecule has 0 radical (unpaired) electrons. The first-order valence-corrected chi connectivity index (χ1v) is 9.15. The molecule has 0 aromatic heterocycles. The number of fused-ring (bicyclic) bond motifs is 2. The lowest BCUT2D eigenvalue weighted by Crippen LogP contribution is -2.44. The molecule has 0 amide bonds. The Bertz CT molecular complexity index is 552. The minimum Gasteiger partial charge on any atom is -0.396 e. The third kappa shape index (κ3) is 2.54. The summed E-state index contributed by atoms with van der Waals surface area (Å²) >= 11 is 0. The van der Waals surface area contributed by atoms with Crippen molar-refractivity contribution in [2.45, 2.75) is 56.7 Å². The van der Waals surface area contributed by atoms with Gasteiger partial charge in [0.1, 0.15) is 0 Å². The largest absolute Gasteiger partial charge is 0.396 e. The molecule has 1 aromatic carbocycles. The third-order valence-electron chi connectivity index (χ3n) is 6.52. The molecule has 4 rings (SSSR count). The molecule has 1 unspecified atom stereocenters. The number of aliphatic hydroxyl groups is 1. The number of benzene rings is 1. The SMILES string of the molecule is CC(CO)C[C@H]1Cc2ccccc2C12CCC1(CC2)OCCO1. The summed E-state index contributed by atoms with van der Waals surface area (Å²) in [5.41, 5.74) is 3.34. The maximum absolute atomic E-state index is 9.53. The monoisotopic (exact) mass is 316 g/mol. The lowest BCUT2D eigenvalue weighted by atomic mass is 9.62. The van der Waals surface area contributed by atoms with Crippen LogP contribution in [0.5, 0.6) is 0 Å². The minimum absolute atomic E-state index is 0.264. The first kappa shape index (κ1) is 15.6. The van der Waals surface area contributed by atoms with Crippen LogP contribution in [-0.2, 0) is 21.3 Å². The van der Waals surface area contributed by atoms with Gasteiger partial charge in [-0.05, 0) is 54.1 Å². The van der Waals surface area contributed by atoms with Crippen molar-refractivity contribution in [2.24, 2.45) is 11.8 Å². The van der Waals surface area contributed by atoms with Crippen LogP contribution >= 0.6 is 0 Å². The van der Waals surface area contributed by atoms with Crippen LogP contribution in [0.1, 0.15) is 50.2 Å². The zero-order chi connectivity index (χ0) is 15.9. The topological polar surface area (TPSA) is 38.7 Å². The first-order chi connectivity index (χ1) is 11.2. The molecule has 126 valence electrons. The molecule has 3 nitrogen and oxygen atoms in total. The maximum Gasteiger partial charge on any atom is 0.168 e. The predicted octanol–water partition coefficient (Wildman–Crippen LogP) is 3.43. The summed E-state index contributed by atoms with van der Waals surface area (Å²) in [6.45, 7) is 3.95. The van der Waals surface area contributed by atoms with Crippen molar-refractivity contribution in [2.75, 3.05) is 19.8 Å². The van der Waals surface area contributed by atoms with Gasteiger partial charge in [0.15, 0.2) is 5.79 Å². The molecule has 3 aliphatic rings. The van der Waals surface area contributed by atoms with E-state index < -0.39 is 0 Å². The Morgan fingerprint density at radius 1 is 1.13 bits per heavy atom. The van der Waals surface area contributed by atoms with Crippen LogP contribution in [0.3, 0.4) is 0 Å². The summed E-state index contributed by atoms with van der Waals surface area (Å²) < 4.78 is 11.9. The molecule has 1 heterocycles. The molecule has 1 saturated carbocycles. The standard InChI is InChI=1S/C20H28O3/c1-15(14-21)12-17-13-16-4-2-3-5-18(16)19(17)6-8-20(9-7-19)22-10-11-23-20/h2-5,15,17,21H,6-14H2,1H3/t15?,17-/m0/s1. The van der Waals surface area contributed by atoms with Gasteiger partial charge < -0.3 is 14.6 Å². The molecule has 23 heavy (non-hydrogen) atoms. The zero-order valence-electron chi connectivity index (χ0n) is 14.1. The van der Waals surface area contributed by atoms with E-state index in [2.05, 4.69) is 31.2 Å². The van der Waals surface area contributed by atoms with E-state index in [1.54, 1.807) is 5.56 Å². The summed E-state index contributed by atoms with van der Waals surface area (Å²) in [6.07, 6.45) is 6.57. The van der Waals surface area contributed by atoms with Crippen LogP contribution in [0.2, 0.25) is 0 Å². The molecule has 1 saturated heterocycles. The Hall–Kier alpha value is -0.900. The summed E-state index contributed by atoms with van der Waals surface area (Å²) in [7, 11) is 0. The second-order valence-electron chi connectivity index (χ2n) is 7.85. The van der Waals surface area contributed by atoms with Crippen molar-refractivity contribution in [1.29, 1.82) is 0 Å². The molecular weight excluding hydrogens is 288 g/mol. The van der Waals surface area contributed by atoms with E-state index in [-0.39, 0.29) is 11.2 Å². The molecule has 2 aliphatic carbocycles. The fourth-order valence-corrected chi connectivity index (χ4v) is 5.27. The van der Waals surface area contributed by atoms with Crippen LogP contribution in [0.15, 0.2) is 24.3 Å². The van der Waals surface area contributed by atoms with Crippen molar-refractivity contribution in [3.63, 3.8) is 0 Å². The third-order valence-corrected chi connectivity index (χ3v) is 6.52. The molecule has 1 N–H and O–H groups in total. The molecule has 2 atom stereocenters. The van der Waals surface area contributed by atoms with Crippen LogP contribution in [-0.4, -0.2) is 30.7 Å². The zero-order valence-corrected chi connectivity index (χ0v) is 14.1. The van der Waals surface area contributed by atoms with Crippen molar-refractivity contribution < 1.29 is 14.6 Å². The molecule has 2 fully saturated rings. The first-order valence-electron chi connectivity index (χ1n) is 9.15. The molecule has 0 bridgehead atoms. The molecular formula is C20H28O3. The van der Waals surface area contributed by atoms with E-state index in [4.69, 9.17) is 9.47 Å². The Morgan fingerprint density at radius 2 is 1.83 bits per heavy atom. The van der Waals surface area contributed by atoms with Gasteiger partial charge in [-0.2, -0.15) is 0 Å². The van der Waals surface area contributed by atoms with Gasteiger partial charge in [-0.25, -0.2) is 0 Å². The lowest BCUT2D eigenvalue weighted by molar-refractivity contribution is -0.187. The molecule has 1 aliphatic heterocycles. The van der Waals surface area contributed by atoms with Gasteiger partial charge in [-0.3, -0.25) is 0 Å². The highest BCUT2D eigenvalue weighted by molar-refractivity contribution is 5.41. The van der Waals surface area contributed by atoms with E-state index in [9.17, 15) is 5.11 Å². The van der Waals surface area contributed by atoms with Crippen molar-refractivity contribution in [1.82, 2.24) is 0 Å². The van der Waals surface area contributed by atoms with Crippen LogP contribution in [0.25, 0.3) is 0 Å². The van der Waals surface area contributed by atoms with Crippen molar-refractivity contribution >= 4 is 0 Å². The fraction of sp³-hybridized carbons (Fsp3) is 0.700. The Labute approximate surface area is 139 Å². The highest BCUT2D eigenvalue weighted by atomic mass is 16.7. The van der Waals surface area contributed by atoms with Crippen LogP contribution in [0, 0.1) is 11.8 Å². The van der Waals surface area contributed by atoms with Crippen LogP contribution < -0.4 is 0 Å². The van der Waals surface area contributed by atoms with Crippen LogP contribution in [0.4, 0.5) is 0 Å². The average Bonchev–Trinajstić information content (AvgIpc) is 3.15. The molecule has 1 aromatic rings. The number of ether oxygens (including phenoxy) is 2. The van der Waals surface area contributed by atoms with Gasteiger partial charge in [-0.1, -0.05) is 31.2 Å². The Balaban J connectivity index is 1.62. The number of aliphatic hydroxyl groups excluding tert-OH is 1. The minimum atomic E-state index is -0.296. The number of hydrogen-bond acceptors (Lipinski definition) is 3. The van der Waals surface area contributed by atoms with Gasteiger partial charge in [0.2, 0.25) is 0 Å². The average molecular weight is 316 g/mol. The smallest absolute Gasteiger partial charge is 0.168 e.